The van der Waals surface area contributed by atoms with Crippen LogP contribution in [-0.2, 0) is 10.1 Å². The summed E-state index contributed by atoms with van der Waals surface area (Å²) in [6.45, 7) is 0. The second-order valence-corrected chi connectivity index (χ2v) is 10.5. The number of thiophene rings is 1. The molecule has 6 aromatic rings. The van der Waals surface area contributed by atoms with Gasteiger partial charge in [0.15, 0.2) is 4.21 Å². The number of halogens is 1. The molecule has 1 N–H and O–H groups in total. The highest BCUT2D eigenvalue weighted by atomic mass is 32.3. The number of benzene rings is 2. The van der Waals surface area contributed by atoms with Crippen molar-refractivity contribution in [1.82, 2.24) is 15.0 Å². The van der Waals surface area contributed by atoms with Gasteiger partial charge in [0.25, 0.3) is 0 Å². The highest BCUT2D eigenvalue weighted by molar-refractivity contribution is 7.89. The lowest BCUT2D eigenvalue weighted by molar-refractivity contribution is 0.488. The number of pyridine rings is 2. The first-order chi connectivity index (χ1) is 17.0. The molecule has 0 saturated heterocycles. The molecule has 9 heteroatoms. The summed E-state index contributed by atoms with van der Waals surface area (Å²) in [6, 6.07) is 18.3. The van der Waals surface area contributed by atoms with E-state index in [1.54, 1.807) is 60.4 Å². The van der Waals surface area contributed by atoms with Gasteiger partial charge >= 0.3 is 10.1 Å². The van der Waals surface area contributed by atoms with E-state index in [-0.39, 0.29) is 15.8 Å². The summed E-state index contributed by atoms with van der Waals surface area (Å²) in [5.41, 5.74) is 4.78. The number of rotatable bonds is 5. The number of nitrogens with zero attached hydrogens (tertiary/aromatic N) is 2. The molecular formula is C26H16FN3O3S2. The molecule has 0 radical (unpaired) electrons. The fraction of sp³-hybridized carbons (Fsp3) is 0. The average molecular weight is 502 g/mol. The maximum Gasteiger partial charge on any atom is 0.348 e. The first-order valence-electron chi connectivity index (χ1n) is 10.6. The van der Waals surface area contributed by atoms with Crippen molar-refractivity contribution in [1.29, 1.82) is 0 Å². The third-order valence-electron chi connectivity index (χ3n) is 5.66. The van der Waals surface area contributed by atoms with Crippen LogP contribution >= 0.6 is 11.3 Å². The van der Waals surface area contributed by atoms with Gasteiger partial charge in [0.2, 0.25) is 0 Å². The third-order valence-corrected chi connectivity index (χ3v) is 8.27. The minimum atomic E-state index is -3.94. The first-order valence-corrected chi connectivity index (χ1v) is 12.9. The van der Waals surface area contributed by atoms with Gasteiger partial charge < -0.3 is 9.17 Å². The molecule has 6 rings (SSSR count). The fourth-order valence-corrected chi connectivity index (χ4v) is 6.00. The van der Waals surface area contributed by atoms with E-state index in [9.17, 15) is 12.8 Å². The number of fused-ring (bicyclic) bond motifs is 3. The molecular weight excluding hydrogens is 485 g/mol. The molecule has 0 atom stereocenters. The van der Waals surface area contributed by atoms with Crippen LogP contribution in [0.4, 0.5) is 4.39 Å². The third kappa shape index (κ3) is 3.84. The summed E-state index contributed by atoms with van der Waals surface area (Å²) in [4.78, 5) is 12.1. The zero-order valence-corrected chi connectivity index (χ0v) is 19.6. The molecule has 0 amide bonds. The zero-order valence-electron chi connectivity index (χ0n) is 18.0. The highest BCUT2D eigenvalue weighted by Gasteiger charge is 2.21. The second-order valence-electron chi connectivity index (χ2n) is 7.82. The van der Waals surface area contributed by atoms with Crippen molar-refractivity contribution in [3.63, 3.8) is 0 Å². The number of hydrogen-bond donors (Lipinski definition) is 1. The van der Waals surface area contributed by atoms with Gasteiger partial charge in [-0.3, -0.25) is 4.98 Å². The van der Waals surface area contributed by atoms with Crippen LogP contribution in [0.25, 0.3) is 44.2 Å². The molecule has 0 saturated carbocycles. The highest BCUT2D eigenvalue weighted by Crippen LogP contribution is 2.41. The second kappa shape index (κ2) is 8.30. The molecule has 35 heavy (non-hydrogen) atoms. The summed E-state index contributed by atoms with van der Waals surface area (Å²) in [5.74, 6) is -0.131. The number of nitrogens with one attached hydrogen (secondary N) is 1. The zero-order chi connectivity index (χ0) is 24.0. The predicted molar refractivity (Wildman–Crippen MR) is 134 cm³/mol. The molecule has 0 bridgehead atoms. The van der Waals surface area contributed by atoms with Gasteiger partial charge in [0, 0.05) is 46.0 Å². The van der Waals surface area contributed by atoms with Crippen molar-refractivity contribution in [3.8, 4) is 28.0 Å². The van der Waals surface area contributed by atoms with Gasteiger partial charge in [0.1, 0.15) is 17.2 Å². The van der Waals surface area contributed by atoms with Crippen LogP contribution < -0.4 is 4.18 Å². The van der Waals surface area contributed by atoms with E-state index in [0.29, 0.717) is 5.65 Å². The van der Waals surface area contributed by atoms with Crippen LogP contribution in [0.3, 0.4) is 0 Å². The van der Waals surface area contributed by atoms with E-state index in [2.05, 4.69) is 15.0 Å². The summed E-state index contributed by atoms with van der Waals surface area (Å²) in [6.07, 6.45) is 5.15. The molecule has 0 fully saturated rings. The Morgan fingerprint density at radius 3 is 2.49 bits per heavy atom. The Bertz CT molecular complexity index is 1780. The Labute approximate surface area is 203 Å². The lowest BCUT2D eigenvalue weighted by Crippen LogP contribution is -2.07. The van der Waals surface area contributed by atoms with Crippen LogP contribution in [-0.4, -0.2) is 23.4 Å². The normalized spacial score (nSPS) is 11.8. The maximum absolute atomic E-state index is 13.6. The van der Waals surface area contributed by atoms with Crippen molar-refractivity contribution in [2.75, 3.05) is 0 Å². The topological polar surface area (TPSA) is 84.9 Å². The van der Waals surface area contributed by atoms with Gasteiger partial charge in [-0.25, -0.2) is 9.37 Å². The molecule has 0 aliphatic carbocycles. The Balaban J connectivity index is 1.60. The molecule has 2 aromatic carbocycles. The Morgan fingerprint density at radius 2 is 1.74 bits per heavy atom. The van der Waals surface area contributed by atoms with Crippen LogP contribution in [0.2, 0.25) is 0 Å². The van der Waals surface area contributed by atoms with Gasteiger partial charge in [-0.1, -0.05) is 18.2 Å². The van der Waals surface area contributed by atoms with E-state index in [0.717, 1.165) is 49.9 Å². The Kier molecular flexibility index (Phi) is 5.09. The van der Waals surface area contributed by atoms with Crippen molar-refractivity contribution in [2.45, 2.75) is 4.21 Å². The van der Waals surface area contributed by atoms with Gasteiger partial charge in [-0.2, -0.15) is 8.42 Å². The van der Waals surface area contributed by atoms with Crippen molar-refractivity contribution >= 4 is 43.4 Å². The maximum atomic E-state index is 13.6. The minimum absolute atomic E-state index is 0.134. The standard InChI is InChI=1S/C26H16FN3O3S2/c27-18-5-3-16(4-6-18)21-15-29-26-25(24(21)17-9-11-28-12-10-17)20-14-19(7-8-22(20)30-26)33-35(31,32)23-2-1-13-34-23/h1-15H,(H,29,30). The predicted octanol–water partition coefficient (Wildman–Crippen LogP) is 6.41. The Morgan fingerprint density at radius 1 is 0.943 bits per heavy atom. The molecule has 4 aromatic heterocycles. The number of aromatic nitrogens is 3. The first kappa shape index (κ1) is 21.5. The van der Waals surface area contributed by atoms with E-state index >= 15 is 0 Å². The fourth-order valence-electron chi connectivity index (χ4n) is 4.13. The van der Waals surface area contributed by atoms with Crippen molar-refractivity contribution in [3.05, 3.63) is 96.5 Å². The molecule has 0 unspecified atom stereocenters. The number of aromatic amines is 1. The van der Waals surface area contributed by atoms with Gasteiger partial charge in [-0.05, 0) is 65.0 Å². The molecule has 4 heterocycles. The van der Waals surface area contributed by atoms with E-state index in [4.69, 9.17) is 4.18 Å². The lowest BCUT2D eigenvalue weighted by Gasteiger charge is -2.12. The van der Waals surface area contributed by atoms with E-state index in [1.165, 1.54) is 18.2 Å². The van der Waals surface area contributed by atoms with Crippen molar-refractivity contribution in [2.24, 2.45) is 0 Å². The molecule has 6 nitrogen and oxygen atoms in total. The molecule has 172 valence electrons. The smallest absolute Gasteiger partial charge is 0.348 e. The molecule has 0 aliphatic heterocycles. The lowest BCUT2D eigenvalue weighted by atomic mass is 9.93. The average Bonchev–Trinajstić information content (AvgIpc) is 3.53. The largest absolute Gasteiger partial charge is 0.378 e. The summed E-state index contributed by atoms with van der Waals surface area (Å²) in [7, 11) is -3.94. The van der Waals surface area contributed by atoms with E-state index < -0.39 is 10.1 Å². The Hall–Kier alpha value is -4.08. The van der Waals surface area contributed by atoms with Crippen LogP contribution in [0.1, 0.15) is 0 Å². The van der Waals surface area contributed by atoms with Crippen molar-refractivity contribution < 1.29 is 17.0 Å². The number of hydrogen-bond acceptors (Lipinski definition) is 6. The summed E-state index contributed by atoms with van der Waals surface area (Å²) < 4.78 is 44.6. The van der Waals surface area contributed by atoms with E-state index in [1.807, 2.05) is 12.1 Å². The van der Waals surface area contributed by atoms with Crippen LogP contribution in [0.5, 0.6) is 5.75 Å². The minimum Gasteiger partial charge on any atom is -0.378 e. The van der Waals surface area contributed by atoms with Gasteiger partial charge in [0.05, 0.1) is 0 Å². The van der Waals surface area contributed by atoms with Crippen LogP contribution in [0.15, 0.2) is 94.9 Å². The number of H-pyrrole nitrogens is 1. The van der Waals surface area contributed by atoms with Crippen LogP contribution in [0, 0.1) is 5.82 Å². The molecule has 0 aliphatic rings. The van der Waals surface area contributed by atoms with Gasteiger partial charge in [-0.15, -0.1) is 11.3 Å². The molecule has 0 spiro atoms. The quantitative estimate of drug-likeness (QED) is 0.276. The SMILES string of the molecule is O=S(=O)(Oc1ccc2[nH]c3ncc(-c4ccc(F)cc4)c(-c4ccncc4)c3c2c1)c1cccs1. The summed E-state index contributed by atoms with van der Waals surface area (Å²) in [5, 5.41) is 3.23. The summed E-state index contributed by atoms with van der Waals surface area (Å²) >= 11 is 1.10. The monoisotopic (exact) mass is 501 g/mol.